The molecule has 0 radical (unpaired) electrons. The van der Waals surface area contributed by atoms with Gasteiger partial charge in [0.05, 0.1) is 13.7 Å². The highest BCUT2D eigenvalue weighted by molar-refractivity contribution is 5.96. The Morgan fingerprint density at radius 1 is 1.36 bits per heavy atom. The summed E-state index contributed by atoms with van der Waals surface area (Å²) in [6.45, 7) is 5.72. The molecule has 0 saturated carbocycles. The Labute approximate surface area is 129 Å². The average Bonchev–Trinajstić information content (AvgIpc) is 2.44. The van der Waals surface area contributed by atoms with Gasteiger partial charge in [0.25, 0.3) is 0 Å². The lowest BCUT2D eigenvalue weighted by molar-refractivity contribution is -0.134. The number of amides is 1. The molecule has 0 bridgehead atoms. The zero-order valence-electron chi connectivity index (χ0n) is 13.2. The van der Waals surface area contributed by atoms with E-state index in [-0.39, 0.29) is 5.70 Å². The van der Waals surface area contributed by atoms with Gasteiger partial charge in [0.2, 0.25) is 5.91 Å². The second kappa shape index (κ2) is 8.07. The number of aliphatic carboxylic acids is 1. The van der Waals surface area contributed by atoms with Crippen molar-refractivity contribution in [3.63, 3.8) is 0 Å². The highest BCUT2D eigenvalue weighted by Gasteiger charge is 2.14. The average molecular weight is 307 g/mol. The van der Waals surface area contributed by atoms with Crippen LogP contribution in [-0.4, -0.2) is 30.7 Å². The fourth-order valence-corrected chi connectivity index (χ4v) is 1.71. The summed E-state index contributed by atoms with van der Waals surface area (Å²) in [6, 6.07) is 5.15. The van der Waals surface area contributed by atoms with E-state index in [0.717, 1.165) is 0 Å². The molecule has 0 fully saturated rings. The fourth-order valence-electron chi connectivity index (χ4n) is 1.71. The first-order chi connectivity index (χ1) is 10.3. The van der Waals surface area contributed by atoms with Gasteiger partial charge in [0.1, 0.15) is 5.70 Å². The third-order valence-corrected chi connectivity index (χ3v) is 2.63. The molecular weight excluding hydrogens is 286 g/mol. The van der Waals surface area contributed by atoms with Crippen molar-refractivity contribution in [3.05, 3.63) is 29.5 Å². The van der Waals surface area contributed by atoms with Crippen LogP contribution in [0.5, 0.6) is 11.5 Å². The van der Waals surface area contributed by atoms with Crippen molar-refractivity contribution < 1.29 is 24.2 Å². The zero-order valence-corrected chi connectivity index (χ0v) is 13.2. The van der Waals surface area contributed by atoms with E-state index in [1.807, 2.05) is 13.8 Å². The van der Waals surface area contributed by atoms with Gasteiger partial charge in [-0.25, -0.2) is 4.79 Å². The Kier molecular flexibility index (Phi) is 6.44. The fraction of sp³-hybridized carbons (Fsp3) is 0.375. The van der Waals surface area contributed by atoms with Gasteiger partial charge in [-0.3, -0.25) is 4.79 Å². The van der Waals surface area contributed by atoms with E-state index in [1.54, 1.807) is 18.2 Å². The Balaban J connectivity index is 3.25. The zero-order chi connectivity index (χ0) is 16.7. The number of para-hydroxylation sites is 1. The predicted octanol–water partition coefficient (Wildman–Crippen LogP) is 2.29. The lowest BCUT2D eigenvalue weighted by Gasteiger charge is -2.15. The summed E-state index contributed by atoms with van der Waals surface area (Å²) in [5, 5.41) is 11.4. The summed E-state index contributed by atoms with van der Waals surface area (Å²) in [5.74, 6) is -0.435. The van der Waals surface area contributed by atoms with Crippen molar-refractivity contribution in [2.75, 3.05) is 13.7 Å². The Morgan fingerprint density at radius 3 is 2.55 bits per heavy atom. The van der Waals surface area contributed by atoms with Gasteiger partial charge in [-0.15, -0.1) is 0 Å². The maximum absolute atomic E-state index is 11.2. The maximum atomic E-state index is 11.2. The molecule has 0 unspecified atom stereocenters. The molecular formula is C16H21NO5. The van der Waals surface area contributed by atoms with Crippen LogP contribution >= 0.6 is 0 Å². The number of rotatable bonds is 7. The van der Waals surface area contributed by atoms with Crippen LogP contribution in [0.2, 0.25) is 0 Å². The lowest BCUT2D eigenvalue weighted by Crippen LogP contribution is -2.24. The molecule has 1 amide bonds. The molecule has 1 aromatic carbocycles. The van der Waals surface area contributed by atoms with E-state index in [2.05, 4.69) is 5.32 Å². The minimum absolute atomic E-state index is 0.227. The van der Waals surface area contributed by atoms with Crippen molar-refractivity contribution in [3.8, 4) is 11.5 Å². The number of nitrogens with one attached hydrogen (secondary N) is 1. The molecule has 0 aliphatic carbocycles. The maximum Gasteiger partial charge on any atom is 0.352 e. The lowest BCUT2D eigenvalue weighted by atomic mass is 10.1. The van der Waals surface area contributed by atoms with E-state index < -0.39 is 11.9 Å². The van der Waals surface area contributed by atoms with Gasteiger partial charge in [0.15, 0.2) is 11.5 Å². The topological polar surface area (TPSA) is 84.9 Å². The molecule has 0 spiro atoms. The third-order valence-electron chi connectivity index (χ3n) is 2.63. The largest absolute Gasteiger partial charge is 0.493 e. The van der Waals surface area contributed by atoms with Crippen LogP contribution in [-0.2, 0) is 9.59 Å². The Hall–Kier alpha value is -2.50. The van der Waals surface area contributed by atoms with Gasteiger partial charge in [-0.1, -0.05) is 26.0 Å². The number of methoxy groups -OCH3 is 1. The highest BCUT2D eigenvalue weighted by atomic mass is 16.5. The van der Waals surface area contributed by atoms with E-state index in [4.69, 9.17) is 14.6 Å². The van der Waals surface area contributed by atoms with Gasteiger partial charge < -0.3 is 19.9 Å². The smallest absolute Gasteiger partial charge is 0.352 e. The molecule has 0 atom stereocenters. The van der Waals surface area contributed by atoms with Crippen LogP contribution in [0.25, 0.3) is 6.08 Å². The number of benzene rings is 1. The van der Waals surface area contributed by atoms with E-state index in [9.17, 15) is 9.59 Å². The van der Waals surface area contributed by atoms with Crippen molar-refractivity contribution in [1.29, 1.82) is 0 Å². The number of carboxylic acid groups (broad SMARTS) is 1. The monoisotopic (exact) mass is 307 g/mol. The molecule has 0 aliphatic rings. The molecule has 22 heavy (non-hydrogen) atoms. The van der Waals surface area contributed by atoms with Crippen molar-refractivity contribution >= 4 is 18.0 Å². The molecule has 2 N–H and O–H groups in total. The molecule has 6 heteroatoms. The number of carbonyl (C=O) groups excluding carboxylic acids is 1. The highest BCUT2D eigenvalue weighted by Crippen LogP contribution is 2.32. The quantitative estimate of drug-likeness (QED) is 0.755. The normalized spacial score (nSPS) is 11.2. The summed E-state index contributed by atoms with van der Waals surface area (Å²) in [5.41, 5.74) is 0.293. The first-order valence-corrected chi connectivity index (χ1v) is 6.87. The first-order valence-electron chi connectivity index (χ1n) is 6.87. The van der Waals surface area contributed by atoms with Crippen molar-refractivity contribution in [2.45, 2.75) is 20.8 Å². The van der Waals surface area contributed by atoms with Crippen molar-refractivity contribution in [2.24, 2.45) is 5.92 Å². The molecule has 1 aromatic rings. The molecule has 0 saturated heterocycles. The summed E-state index contributed by atoms with van der Waals surface area (Å²) in [4.78, 5) is 22.3. The molecule has 0 aromatic heterocycles. The minimum atomic E-state index is -1.23. The van der Waals surface area contributed by atoms with Crippen LogP contribution in [0.1, 0.15) is 26.3 Å². The molecule has 1 rings (SSSR count). The Bertz CT molecular complexity index is 578. The van der Waals surface area contributed by atoms with Gasteiger partial charge >= 0.3 is 5.97 Å². The van der Waals surface area contributed by atoms with Crippen molar-refractivity contribution in [1.82, 2.24) is 5.32 Å². The van der Waals surface area contributed by atoms with Gasteiger partial charge in [-0.05, 0) is 18.1 Å². The third kappa shape index (κ3) is 5.12. The van der Waals surface area contributed by atoms with E-state index in [1.165, 1.54) is 20.1 Å². The number of ether oxygens (including phenoxy) is 2. The van der Waals surface area contributed by atoms with Gasteiger partial charge in [-0.2, -0.15) is 0 Å². The second-order valence-corrected chi connectivity index (χ2v) is 5.13. The molecule has 6 nitrogen and oxygen atoms in total. The van der Waals surface area contributed by atoms with Crippen LogP contribution in [0.15, 0.2) is 23.9 Å². The minimum Gasteiger partial charge on any atom is -0.493 e. The first kappa shape index (κ1) is 17.6. The summed E-state index contributed by atoms with van der Waals surface area (Å²) >= 11 is 0. The van der Waals surface area contributed by atoms with E-state index >= 15 is 0 Å². The number of hydrogen-bond acceptors (Lipinski definition) is 4. The molecule has 120 valence electrons. The molecule has 0 heterocycles. The van der Waals surface area contributed by atoms with Gasteiger partial charge in [0, 0.05) is 12.5 Å². The molecule has 0 aliphatic heterocycles. The SMILES string of the molecule is COc1cccc(/C=C(\NC(C)=O)C(=O)O)c1OCC(C)C. The Morgan fingerprint density at radius 2 is 2.05 bits per heavy atom. The standard InChI is InChI=1S/C16H21NO5/c1-10(2)9-22-15-12(6-5-7-14(15)21-4)8-13(16(19)20)17-11(3)18/h5-8,10H,9H2,1-4H3,(H,17,18)(H,19,20)/b13-8-. The van der Waals surface area contributed by atoms with Crippen LogP contribution in [0, 0.1) is 5.92 Å². The van der Waals surface area contributed by atoms with Crippen LogP contribution in [0.4, 0.5) is 0 Å². The predicted molar refractivity (Wildman–Crippen MR) is 82.8 cm³/mol. The van der Waals surface area contributed by atoms with E-state index in [0.29, 0.717) is 29.6 Å². The summed E-state index contributed by atoms with van der Waals surface area (Å²) in [6.07, 6.45) is 1.35. The summed E-state index contributed by atoms with van der Waals surface area (Å²) < 4.78 is 11.0. The second-order valence-electron chi connectivity index (χ2n) is 5.13. The summed E-state index contributed by atoms with van der Waals surface area (Å²) in [7, 11) is 1.51. The number of hydrogen-bond donors (Lipinski definition) is 2. The number of carbonyl (C=O) groups is 2. The van der Waals surface area contributed by atoms with Crippen LogP contribution in [0.3, 0.4) is 0 Å². The van der Waals surface area contributed by atoms with Crippen LogP contribution < -0.4 is 14.8 Å². The number of carboxylic acids is 1.